The molecule has 0 spiro atoms. The lowest BCUT2D eigenvalue weighted by Gasteiger charge is -2.10. The summed E-state index contributed by atoms with van der Waals surface area (Å²) in [5, 5.41) is 13.0. The van der Waals surface area contributed by atoms with Gasteiger partial charge < -0.3 is 4.74 Å². The summed E-state index contributed by atoms with van der Waals surface area (Å²) in [5.41, 5.74) is 1.44. The van der Waals surface area contributed by atoms with Crippen molar-refractivity contribution in [3.8, 4) is 5.69 Å². The summed E-state index contributed by atoms with van der Waals surface area (Å²) in [7, 11) is 0. The monoisotopic (exact) mass is 268 g/mol. The van der Waals surface area contributed by atoms with Crippen molar-refractivity contribution in [1.82, 2.24) is 20.0 Å². The Kier molecular flexibility index (Phi) is 3.12. The summed E-state index contributed by atoms with van der Waals surface area (Å²) >= 11 is 0. The molecule has 0 N–H and O–H groups in total. The van der Waals surface area contributed by atoms with Gasteiger partial charge in [0.25, 0.3) is 0 Å². The molecular weight excluding hydrogens is 256 g/mol. The molecule has 6 nitrogen and oxygen atoms in total. The summed E-state index contributed by atoms with van der Waals surface area (Å²) in [6.07, 6.45) is 3.40. The third-order valence-corrected chi connectivity index (χ3v) is 2.84. The second-order valence-corrected chi connectivity index (χ2v) is 4.09. The van der Waals surface area contributed by atoms with Gasteiger partial charge in [-0.05, 0) is 19.1 Å². The van der Waals surface area contributed by atoms with E-state index in [4.69, 9.17) is 4.74 Å². The first-order chi connectivity index (χ1) is 9.81. The van der Waals surface area contributed by atoms with Gasteiger partial charge in [0.05, 0.1) is 12.1 Å². The van der Waals surface area contributed by atoms with Gasteiger partial charge in [-0.2, -0.15) is 5.10 Å². The maximum absolute atomic E-state index is 12.0. The molecule has 0 fully saturated rings. The van der Waals surface area contributed by atoms with Crippen molar-refractivity contribution in [3.05, 3.63) is 48.4 Å². The van der Waals surface area contributed by atoms with Crippen LogP contribution in [0.25, 0.3) is 16.6 Å². The van der Waals surface area contributed by atoms with Crippen LogP contribution in [0.15, 0.2) is 42.7 Å². The van der Waals surface area contributed by atoms with E-state index in [1.165, 1.54) is 0 Å². The first-order valence-electron chi connectivity index (χ1n) is 6.24. The molecule has 0 saturated heterocycles. The van der Waals surface area contributed by atoms with Crippen LogP contribution in [0.3, 0.4) is 0 Å². The number of esters is 1. The van der Waals surface area contributed by atoms with Crippen molar-refractivity contribution in [2.45, 2.75) is 6.92 Å². The smallest absolute Gasteiger partial charge is 0.361 e. The van der Waals surface area contributed by atoms with E-state index in [0.29, 0.717) is 11.2 Å². The summed E-state index contributed by atoms with van der Waals surface area (Å²) < 4.78 is 6.63. The third kappa shape index (κ3) is 2.01. The van der Waals surface area contributed by atoms with Gasteiger partial charge >= 0.3 is 5.97 Å². The molecular formula is C14H12N4O2. The molecule has 0 radical (unpaired) electrons. The molecule has 2 aromatic heterocycles. The molecule has 3 aromatic rings. The number of nitrogens with zero attached hydrogens (tertiary/aromatic N) is 4. The van der Waals surface area contributed by atoms with Crippen molar-refractivity contribution in [3.63, 3.8) is 0 Å². The van der Waals surface area contributed by atoms with E-state index in [-0.39, 0.29) is 12.3 Å². The summed E-state index contributed by atoms with van der Waals surface area (Å²) in [4.78, 5) is 12.0. The van der Waals surface area contributed by atoms with Crippen molar-refractivity contribution < 1.29 is 9.53 Å². The molecule has 0 amide bonds. The van der Waals surface area contributed by atoms with Crippen LogP contribution >= 0.6 is 0 Å². The van der Waals surface area contributed by atoms with Gasteiger partial charge in [-0.3, -0.25) is 0 Å². The Labute approximate surface area is 115 Å². The highest BCUT2D eigenvalue weighted by molar-refractivity contribution is 5.99. The largest absolute Gasteiger partial charge is 0.461 e. The Morgan fingerprint density at radius 1 is 1.25 bits per heavy atom. The molecule has 0 atom stereocenters. The number of hydrogen-bond donors (Lipinski definition) is 0. The number of benzene rings is 1. The molecule has 6 heteroatoms. The highest BCUT2D eigenvalue weighted by Gasteiger charge is 2.20. The van der Waals surface area contributed by atoms with E-state index in [0.717, 1.165) is 5.39 Å². The molecule has 2 heterocycles. The van der Waals surface area contributed by atoms with Gasteiger partial charge in [0.15, 0.2) is 5.69 Å². The Bertz CT molecular complexity index is 753. The van der Waals surface area contributed by atoms with E-state index < -0.39 is 5.97 Å². The minimum absolute atomic E-state index is 0.161. The SMILES string of the molecule is CCOC(=O)c1nnc2ccccc2c1-n1cccn1. The molecule has 0 aliphatic carbocycles. The van der Waals surface area contributed by atoms with Gasteiger partial charge in [-0.1, -0.05) is 18.2 Å². The van der Waals surface area contributed by atoms with Crippen LogP contribution in [0.4, 0.5) is 0 Å². The first-order valence-corrected chi connectivity index (χ1v) is 6.24. The fourth-order valence-corrected chi connectivity index (χ4v) is 2.01. The fraction of sp³-hybridized carbons (Fsp3) is 0.143. The zero-order valence-electron chi connectivity index (χ0n) is 10.9. The maximum atomic E-state index is 12.0. The second-order valence-electron chi connectivity index (χ2n) is 4.09. The number of hydrogen-bond acceptors (Lipinski definition) is 5. The van der Waals surface area contributed by atoms with Crippen LogP contribution in [0.1, 0.15) is 17.4 Å². The number of aromatic nitrogens is 4. The average Bonchev–Trinajstić information content (AvgIpc) is 3.00. The van der Waals surface area contributed by atoms with Gasteiger partial charge in [-0.25, -0.2) is 9.48 Å². The fourth-order valence-electron chi connectivity index (χ4n) is 2.01. The normalized spacial score (nSPS) is 10.7. The average molecular weight is 268 g/mol. The van der Waals surface area contributed by atoms with Crippen molar-refractivity contribution in [1.29, 1.82) is 0 Å². The molecule has 0 unspecified atom stereocenters. The van der Waals surface area contributed by atoms with Crippen molar-refractivity contribution in [2.75, 3.05) is 6.61 Å². The zero-order valence-corrected chi connectivity index (χ0v) is 10.9. The molecule has 100 valence electrons. The van der Waals surface area contributed by atoms with Crippen LogP contribution < -0.4 is 0 Å². The van der Waals surface area contributed by atoms with Crippen LogP contribution in [0.5, 0.6) is 0 Å². The van der Waals surface area contributed by atoms with Crippen LogP contribution in [-0.2, 0) is 4.74 Å². The molecule has 3 rings (SSSR count). The molecule has 20 heavy (non-hydrogen) atoms. The lowest BCUT2D eigenvalue weighted by atomic mass is 10.1. The van der Waals surface area contributed by atoms with Crippen LogP contribution in [0.2, 0.25) is 0 Å². The van der Waals surface area contributed by atoms with E-state index in [1.807, 2.05) is 24.3 Å². The van der Waals surface area contributed by atoms with E-state index in [9.17, 15) is 4.79 Å². The minimum Gasteiger partial charge on any atom is -0.461 e. The Hall–Kier alpha value is -2.76. The molecule has 0 aliphatic heterocycles. The Balaban J connectivity index is 2.30. The van der Waals surface area contributed by atoms with Gasteiger partial charge in [0.1, 0.15) is 5.69 Å². The Morgan fingerprint density at radius 2 is 2.10 bits per heavy atom. The van der Waals surface area contributed by atoms with Crippen molar-refractivity contribution >= 4 is 16.9 Å². The lowest BCUT2D eigenvalue weighted by molar-refractivity contribution is 0.0518. The van der Waals surface area contributed by atoms with Crippen molar-refractivity contribution in [2.24, 2.45) is 0 Å². The van der Waals surface area contributed by atoms with Gasteiger partial charge in [0, 0.05) is 17.8 Å². The molecule has 0 aliphatic rings. The van der Waals surface area contributed by atoms with Crippen LogP contribution in [0, 0.1) is 0 Å². The summed E-state index contributed by atoms with van der Waals surface area (Å²) in [6, 6.07) is 9.25. The quantitative estimate of drug-likeness (QED) is 0.679. The highest BCUT2D eigenvalue weighted by atomic mass is 16.5. The predicted molar refractivity (Wildman–Crippen MR) is 72.6 cm³/mol. The number of carbonyl (C=O) groups excluding carboxylic acids is 1. The number of ether oxygens (including phenoxy) is 1. The molecule has 0 saturated carbocycles. The minimum atomic E-state index is -0.503. The standard InChI is InChI=1S/C14H12N4O2/c1-2-20-14(19)12-13(18-9-5-8-15-18)10-6-3-4-7-11(10)16-17-12/h3-9H,2H2,1H3. The summed E-state index contributed by atoms with van der Waals surface area (Å²) in [5.74, 6) is -0.503. The first kappa shape index (κ1) is 12.3. The Morgan fingerprint density at radius 3 is 2.85 bits per heavy atom. The topological polar surface area (TPSA) is 69.9 Å². The highest BCUT2D eigenvalue weighted by Crippen LogP contribution is 2.22. The zero-order chi connectivity index (χ0) is 13.9. The predicted octanol–water partition coefficient (Wildman–Crippen LogP) is 1.99. The number of rotatable bonds is 3. The van der Waals surface area contributed by atoms with Gasteiger partial charge in [-0.15, -0.1) is 10.2 Å². The molecule has 1 aromatic carbocycles. The summed E-state index contributed by atoms with van der Waals surface area (Å²) in [6.45, 7) is 2.03. The van der Waals surface area contributed by atoms with Crippen LogP contribution in [-0.4, -0.2) is 32.6 Å². The van der Waals surface area contributed by atoms with E-state index in [1.54, 1.807) is 30.1 Å². The third-order valence-electron chi connectivity index (χ3n) is 2.84. The van der Waals surface area contributed by atoms with E-state index >= 15 is 0 Å². The number of fused-ring (bicyclic) bond motifs is 1. The lowest BCUT2D eigenvalue weighted by Crippen LogP contribution is -2.14. The van der Waals surface area contributed by atoms with E-state index in [2.05, 4.69) is 15.3 Å². The molecule has 0 bridgehead atoms. The second kappa shape index (κ2) is 5.08. The van der Waals surface area contributed by atoms with Gasteiger partial charge in [0.2, 0.25) is 0 Å². The number of carbonyl (C=O) groups is 1. The maximum Gasteiger partial charge on any atom is 0.361 e.